The lowest BCUT2D eigenvalue weighted by molar-refractivity contribution is 0.391. The summed E-state index contributed by atoms with van der Waals surface area (Å²) in [4.78, 5) is 9.22. The maximum absolute atomic E-state index is 5.25. The Morgan fingerprint density at radius 2 is 2.05 bits per heavy atom. The average Bonchev–Trinajstić information content (AvgIpc) is 3.10. The number of hydrogen-bond acceptors (Lipinski definition) is 6. The highest BCUT2D eigenvalue weighted by Crippen LogP contribution is 2.26. The molecular formula is C15H13N5OS. The van der Waals surface area contributed by atoms with Gasteiger partial charge in [-0.25, -0.2) is 9.97 Å². The molecule has 0 atom stereocenters. The summed E-state index contributed by atoms with van der Waals surface area (Å²) in [5.74, 6) is 2.21. The molecule has 4 aromatic rings. The van der Waals surface area contributed by atoms with E-state index in [2.05, 4.69) is 15.2 Å². The van der Waals surface area contributed by atoms with Gasteiger partial charge in [-0.05, 0) is 26.0 Å². The lowest BCUT2D eigenvalue weighted by Crippen LogP contribution is -1.98. The lowest BCUT2D eigenvalue weighted by Gasteiger charge is -2.04. The molecule has 0 radical (unpaired) electrons. The van der Waals surface area contributed by atoms with Crippen LogP contribution in [0.2, 0.25) is 0 Å². The second kappa shape index (κ2) is 5.10. The fourth-order valence-corrected chi connectivity index (χ4v) is 3.17. The Balaban J connectivity index is 1.80. The second-order valence-corrected chi connectivity index (χ2v) is 5.97. The highest BCUT2D eigenvalue weighted by Gasteiger charge is 2.13. The van der Waals surface area contributed by atoms with Gasteiger partial charge in [0.1, 0.15) is 11.6 Å². The molecule has 110 valence electrons. The van der Waals surface area contributed by atoms with Crippen molar-refractivity contribution in [3.8, 4) is 0 Å². The molecule has 0 amide bonds. The number of fused-ring (bicyclic) bond motifs is 3. The van der Waals surface area contributed by atoms with Crippen molar-refractivity contribution in [2.24, 2.45) is 0 Å². The fraction of sp³-hybridized carbons (Fsp3) is 0.200. The number of nitrogens with zero attached hydrogens (tertiary/aromatic N) is 5. The first-order valence-electron chi connectivity index (χ1n) is 6.88. The standard InChI is InChI=1S/C15H13N5OS/c1-9-7-11(21-19-9)8-22-15-17-13-6-4-3-5-12(13)14-16-10(2)18-20(14)15/h3-7H,8H2,1-2H3. The molecule has 3 aromatic heterocycles. The molecule has 0 N–H and O–H groups in total. The van der Waals surface area contributed by atoms with Gasteiger partial charge in [-0.3, -0.25) is 0 Å². The lowest BCUT2D eigenvalue weighted by atomic mass is 10.2. The van der Waals surface area contributed by atoms with Gasteiger partial charge in [0.15, 0.2) is 10.8 Å². The van der Waals surface area contributed by atoms with Crippen LogP contribution in [0, 0.1) is 13.8 Å². The minimum Gasteiger partial charge on any atom is -0.360 e. The SMILES string of the molecule is Cc1cc(CSc2nc3ccccc3c3nc(C)nn23)on1. The van der Waals surface area contributed by atoms with E-state index in [1.807, 2.05) is 44.2 Å². The van der Waals surface area contributed by atoms with Crippen molar-refractivity contribution in [3.63, 3.8) is 0 Å². The normalized spacial score (nSPS) is 11.5. The van der Waals surface area contributed by atoms with Crippen LogP contribution in [0.3, 0.4) is 0 Å². The molecule has 0 unspecified atom stereocenters. The summed E-state index contributed by atoms with van der Waals surface area (Å²) in [6.07, 6.45) is 0. The highest BCUT2D eigenvalue weighted by molar-refractivity contribution is 7.98. The summed E-state index contributed by atoms with van der Waals surface area (Å²) >= 11 is 1.56. The zero-order valence-electron chi connectivity index (χ0n) is 12.1. The molecule has 3 heterocycles. The first kappa shape index (κ1) is 13.3. The highest BCUT2D eigenvalue weighted by atomic mass is 32.2. The predicted molar refractivity (Wildman–Crippen MR) is 83.8 cm³/mol. The summed E-state index contributed by atoms with van der Waals surface area (Å²) < 4.78 is 7.04. The molecule has 0 aliphatic rings. The number of benzene rings is 1. The number of para-hydroxylation sites is 1. The van der Waals surface area contributed by atoms with E-state index in [0.29, 0.717) is 5.75 Å². The van der Waals surface area contributed by atoms with Crippen LogP contribution in [0.15, 0.2) is 40.0 Å². The molecule has 1 aromatic carbocycles. The van der Waals surface area contributed by atoms with Crippen molar-refractivity contribution in [2.75, 3.05) is 0 Å². The maximum Gasteiger partial charge on any atom is 0.192 e. The topological polar surface area (TPSA) is 69.1 Å². The molecule has 0 saturated carbocycles. The maximum atomic E-state index is 5.25. The third-order valence-electron chi connectivity index (χ3n) is 3.28. The van der Waals surface area contributed by atoms with Crippen LogP contribution < -0.4 is 0 Å². The van der Waals surface area contributed by atoms with Crippen molar-refractivity contribution in [1.82, 2.24) is 24.7 Å². The second-order valence-electron chi connectivity index (χ2n) is 5.03. The Bertz CT molecular complexity index is 975. The number of rotatable bonds is 3. The fourth-order valence-electron chi connectivity index (χ4n) is 2.35. The van der Waals surface area contributed by atoms with Gasteiger partial charge in [0.2, 0.25) is 0 Å². The molecule has 0 bridgehead atoms. The molecule has 0 aliphatic heterocycles. The van der Waals surface area contributed by atoms with Crippen LogP contribution in [0.4, 0.5) is 0 Å². The molecule has 0 spiro atoms. The van der Waals surface area contributed by atoms with E-state index in [1.165, 1.54) is 0 Å². The van der Waals surface area contributed by atoms with E-state index in [0.717, 1.165) is 39.0 Å². The largest absolute Gasteiger partial charge is 0.360 e. The van der Waals surface area contributed by atoms with Gasteiger partial charge >= 0.3 is 0 Å². The molecule has 7 heteroatoms. The van der Waals surface area contributed by atoms with E-state index in [9.17, 15) is 0 Å². The van der Waals surface area contributed by atoms with Gasteiger partial charge in [-0.1, -0.05) is 29.1 Å². The van der Waals surface area contributed by atoms with Crippen molar-refractivity contribution in [1.29, 1.82) is 0 Å². The van der Waals surface area contributed by atoms with E-state index in [-0.39, 0.29) is 0 Å². The first-order valence-corrected chi connectivity index (χ1v) is 7.86. The zero-order chi connectivity index (χ0) is 15.1. The molecule has 0 aliphatic carbocycles. The monoisotopic (exact) mass is 311 g/mol. The molecular weight excluding hydrogens is 298 g/mol. The van der Waals surface area contributed by atoms with E-state index in [4.69, 9.17) is 9.51 Å². The Labute approximate surface area is 130 Å². The van der Waals surface area contributed by atoms with Gasteiger partial charge in [-0.2, -0.15) is 4.52 Å². The molecule has 4 rings (SSSR count). The Hall–Kier alpha value is -2.41. The van der Waals surface area contributed by atoms with E-state index >= 15 is 0 Å². The quantitative estimate of drug-likeness (QED) is 0.427. The van der Waals surface area contributed by atoms with Crippen LogP contribution in [0.5, 0.6) is 0 Å². The van der Waals surface area contributed by atoms with E-state index in [1.54, 1.807) is 16.3 Å². The zero-order valence-corrected chi connectivity index (χ0v) is 13.0. The summed E-state index contributed by atoms with van der Waals surface area (Å²) in [6.45, 7) is 3.79. The third kappa shape index (κ3) is 2.23. The van der Waals surface area contributed by atoms with Gasteiger partial charge in [0.25, 0.3) is 0 Å². The van der Waals surface area contributed by atoms with Gasteiger partial charge < -0.3 is 4.52 Å². The van der Waals surface area contributed by atoms with Gasteiger partial charge in [0.05, 0.1) is 17.0 Å². The van der Waals surface area contributed by atoms with E-state index < -0.39 is 0 Å². The Morgan fingerprint density at radius 1 is 1.18 bits per heavy atom. The molecule has 22 heavy (non-hydrogen) atoms. The van der Waals surface area contributed by atoms with Crippen LogP contribution in [-0.4, -0.2) is 24.7 Å². The average molecular weight is 311 g/mol. The van der Waals surface area contributed by atoms with Crippen molar-refractivity contribution in [2.45, 2.75) is 24.8 Å². The summed E-state index contributed by atoms with van der Waals surface area (Å²) in [5.41, 5.74) is 2.63. The summed E-state index contributed by atoms with van der Waals surface area (Å²) in [5, 5.41) is 10.2. The molecule has 6 nitrogen and oxygen atoms in total. The summed E-state index contributed by atoms with van der Waals surface area (Å²) in [6, 6.07) is 9.89. The minimum absolute atomic E-state index is 0.653. The Morgan fingerprint density at radius 3 is 2.86 bits per heavy atom. The van der Waals surface area contributed by atoms with Gasteiger partial charge in [0, 0.05) is 11.5 Å². The number of hydrogen-bond donors (Lipinski definition) is 0. The van der Waals surface area contributed by atoms with Gasteiger partial charge in [-0.15, -0.1) is 5.10 Å². The molecule has 0 fully saturated rings. The van der Waals surface area contributed by atoms with Crippen LogP contribution in [-0.2, 0) is 5.75 Å². The van der Waals surface area contributed by atoms with Crippen molar-refractivity contribution >= 4 is 28.3 Å². The summed E-state index contributed by atoms with van der Waals surface area (Å²) in [7, 11) is 0. The van der Waals surface area contributed by atoms with Crippen molar-refractivity contribution in [3.05, 3.63) is 47.6 Å². The van der Waals surface area contributed by atoms with Crippen LogP contribution in [0.1, 0.15) is 17.3 Å². The van der Waals surface area contributed by atoms with Crippen molar-refractivity contribution < 1.29 is 4.52 Å². The first-order chi connectivity index (χ1) is 10.7. The van der Waals surface area contributed by atoms with Crippen LogP contribution >= 0.6 is 11.8 Å². The number of thioether (sulfide) groups is 1. The smallest absolute Gasteiger partial charge is 0.192 e. The third-order valence-corrected chi connectivity index (χ3v) is 4.23. The number of aromatic nitrogens is 5. The predicted octanol–water partition coefficient (Wildman–Crippen LogP) is 3.17. The number of aryl methyl sites for hydroxylation is 2. The minimum atomic E-state index is 0.653. The molecule has 0 saturated heterocycles. The Kier molecular flexibility index (Phi) is 3.07. The van der Waals surface area contributed by atoms with Crippen LogP contribution in [0.25, 0.3) is 16.6 Å².